The van der Waals surface area contributed by atoms with Gasteiger partial charge in [0.1, 0.15) is 11.4 Å². The number of nitrogens with one attached hydrogen (secondary N) is 1. The molecule has 0 bridgehead atoms. The van der Waals surface area contributed by atoms with Gasteiger partial charge in [-0.2, -0.15) is 0 Å². The van der Waals surface area contributed by atoms with Crippen LogP contribution in [0.3, 0.4) is 0 Å². The number of hydrogen-bond acceptors (Lipinski definition) is 3. The number of benzene rings is 1. The summed E-state index contributed by atoms with van der Waals surface area (Å²) in [6, 6.07) is 5.59. The molecule has 132 valence electrons. The lowest BCUT2D eigenvalue weighted by atomic mass is 9.84. The Morgan fingerprint density at radius 3 is 2.84 bits per heavy atom. The SMILES string of the molecule is O=C1C[C@]2(CC[C@@H]3[C@H](C(=O)NC4CCCC4)[C@@H]32)Oc2ccc(Cl)cc21. The van der Waals surface area contributed by atoms with Gasteiger partial charge in [-0.05, 0) is 49.8 Å². The quantitative estimate of drug-likeness (QED) is 0.874. The van der Waals surface area contributed by atoms with E-state index in [-0.39, 0.29) is 23.5 Å². The molecule has 4 aliphatic rings. The van der Waals surface area contributed by atoms with Crippen LogP contribution in [0.5, 0.6) is 5.75 Å². The van der Waals surface area contributed by atoms with Gasteiger partial charge in [-0.15, -0.1) is 0 Å². The molecule has 1 aromatic carbocycles. The minimum Gasteiger partial charge on any atom is -0.486 e. The highest BCUT2D eigenvalue weighted by Gasteiger charge is 2.70. The first-order valence-electron chi connectivity index (χ1n) is 9.39. The minimum absolute atomic E-state index is 0.0241. The third-order valence-corrected chi connectivity index (χ3v) is 6.93. The van der Waals surface area contributed by atoms with Crippen LogP contribution in [-0.2, 0) is 4.79 Å². The van der Waals surface area contributed by atoms with Crippen molar-refractivity contribution in [1.82, 2.24) is 5.32 Å². The molecule has 1 N–H and O–H groups in total. The second-order valence-corrected chi connectivity index (χ2v) is 8.59. The molecule has 3 saturated carbocycles. The molecule has 3 aliphatic carbocycles. The van der Waals surface area contributed by atoms with Gasteiger partial charge in [0.05, 0.1) is 12.0 Å². The van der Waals surface area contributed by atoms with Crippen LogP contribution in [0.4, 0.5) is 0 Å². The number of carbonyl (C=O) groups is 2. The average Bonchev–Trinajstić information content (AvgIpc) is 2.91. The molecule has 1 heterocycles. The summed E-state index contributed by atoms with van der Waals surface area (Å²) in [7, 11) is 0. The molecule has 4 atom stereocenters. The number of hydrogen-bond donors (Lipinski definition) is 1. The average molecular weight is 360 g/mol. The summed E-state index contributed by atoms with van der Waals surface area (Å²) in [6.45, 7) is 0. The summed E-state index contributed by atoms with van der Waals surface area (Å²) < 4.78 is 6.35. The predicted octanol–water partition coefficient (Wildman–Crippen LogP) is 3.76. The molecule has 0 unspecified atom stereocenters. The van der Waals surface area contributed by atoms with E-state index in [9.17, 15) is 9.59 Å². The van der Waals surface area contributed by atoms with Crippen molar-refractivity contribution >= 4 is 23.3 Å². The third kappa shape index (κ3) is 2.41. The molecule has 1 aromatic rings. The molecule has 1 aliphatic heterocycles. The zero-order chi connectivity index (χ0) is 17.2. The first-order valence-corrected chi connectivity index (χ1v) is 9.77. The Hall–Kier alpha value is -1.55. The van der Waals surface area contributed by atoms with E-state index in [2.05, 4.69) is 5.32 Å². The highest BCUT2D eigenvalue weighted by Crippen LogP contribution is 2.65. The topological polar surface area (TPSA) is 55.4 Å². The second kappa shape index (κ2) is 5.47. The molecule has 1 spiro atoms. The summed E-state index contributed by atoms with van der Waals surface area (Å²) in [5.74, 6) is 1.48. The van der Waals surface area contributed by atoms with Crippen molar-refractivity contribution in [2.75, 3.05) is 0 Å². The number of ketones is 1. The van der Waals surface area contributed by atoms with Crippen molar-refractivity contribution in [2.45, 2.75) is 56.6 Å². The molecular formula is C20H22ClNO3. The number of fused-ring (bicyclic) bond motifs is 3. The minimum atomic E-state index is -0.486. The van der Waals surface area contributed by atoms with Gasteiger partial charge in [0.2, 0.25) is 5.91 Å². The smallest absolute Gasteiger partial charge is 0.224 e. The largest absolute Gasteiger partial charge is 0.486 e. The van der Waals surface area contributed by atoms with E-state index in [0.717, 1.165) is 25.7 Å². The van der Waals surface area contributed by atoms with Crippen LogP contribution in [-0.4, -0.2) is 23.3 Å². The fourth-order valence-electron chi connectivity index (χ4n) is 5.51. The highest BCUT2D eigenvalue weighted by atomic mass is 35.5. The van der Waals surface area contributed by atoms with Gasteiger partial charge in [0.15, 0.2) is 5.78 Å². The molecule has 1 amide bonds. The van der Waals surface area contributed by atoms with Crippen molar-refractivity contribution in [1.29, 1.82) is 0 Å². The van der Waals surface area contributed by atoms with Gasteiger partial charge in [0.25, 0.3) is 0 Å². The van der Waals surface area contributed by atoms with Crippen molar-refractivity contribution in [3.05, 3.63) is 28.8 Å². The van der Waals surface area contributed by atoms with E-state index in [1.54, 1.807) is 18.2 Å². The molecular weight excluding hydrogens is 338 g/mol. The highest BCUT2D eigenvalue weighted by molar-refractivity contribution is 6.31. The lowest BCUT2D eigenvalue weighted by molar-refractivity contribution is -0.124. The van der Waals surface area contributed by atoms with Gasteiger partial charge in [-0.1, -0.05) is 24.4 Å². The van der Waals surface area contributed by atoms with Crippen LogP contribution in [0.15, 0.2) is 18.2 Å². The van der Waals surface area contributed by atoms with Crippen LogP contribution in [0.1, 0.15) is 55.3 Å². The van der Waals surface area contributed by atoms with Crippen LogP contribution in [0, 0.1) is 17.8 Å². The summed E-state index contributed by atoms with van der Waals surface area (Å²) >= 11 is 6.02. The van der Waals surface area contributed by atoms with Crippen LogP contribution < -0.4 is 10.1 Å². The van der Waals surface area contributed by atoms with E-state index in [0.29, 0.717) is 34.7 Å². The summed E-state index contributed by atoms with van der Waals surface area (Å²) in [5, 5.41) is 3.78. The van der Waals surface area contributed by atoms with Crippen LogP contribution >= 0.6 is 11.6 Å². The van der Waals surface area contributed by atoms with E-state index in [4.69, 9.17) is 16.3 Å². The molecule has 5 rings (SSSR count). The second-order valence-electron chi connectivity index (χ2n) is 8.15. The lowest BCUT2D eigenvalue weighted by Crippen LogP contribution is -2.45. The van der Waals surface area contributed by atoms with Gasteiger partial charge < -0.3 is 10.1 Å². The van der Waals surface area contributed by atoms with Crippen molar-refractivity contribution in [2.24, 2.45) is 17.8 Å². The monoisotopic (exact) mass is 359 g/mol. The Bertz CT molecular complexity index is 757. The Kier molecular flexibility index (Phi) is 3.43. The summed E-state index contributed by atoms with van der Waals surface area (Å²) in [4.78, 5) is 25.4. The van der Waals surface area contributed by atoms with E-state index in [1.807, 2.05) is 0 Å². The number of Topliss-reactive ketones (excluding diaryl/α,β-unsaturated/α-hetero) is 1. The maximum atomic E-state index is 12.7. The van der Waals surface area contributed by atoms with Gasteiger partial charge in [-0.25, -0.2) is 0 Å². The van der Waals surface area contributed by atoms with Gasteiger partial charge in [-0.3, -0.25) is 9.59 Å². The summed E-state index contributed by atoms with van der Waals surface area (Å²) in [5.41, 5.74) is 0.0921. The number of ether oxygens (including phenoxy) is 1. The zero-order valence-corrected chi connectivity index (χ0v) is 14.8. The Labute approximate surface area is 152 Å². The van der Waals surface area contributed by atoms with Crippen molar-refractivity contribution in [3.8, 4) is 5.75 Å². The lowest BCUT2D eigenvalue weighted by Gasteiger charge is -2.37. The zero-order valence-electron chi connectivity index (χ0n) is 14.1. The molecule has 5 heteroatoms. The van der Waals surface area contributed by atoms with Crippen LogP contribution in [0.25, 0.3) is 0 Å². The normalized spacial score (nSPS) is 36.0. The fourth-order valence-corrected chi connectivity index (χ4v) is 5.68. The van der Waals surface area contributed by atoms with Gasteiger partial charge >= 0.3 is 0 Å². The van der Waals surface area contributed by atoms with E-state index in [1.165, 1.54) is 12.8 Å². The third-order valence-electron chi connectivity index (χ3n) is 6.70. The molecule has 0 radical (unpaired) electrons. The van der Waals surface area contributed by atoms with Gasteiger partial charge in [0, 0.05) is 22.9 Å². The Morgan fingerprint density at radius 2 is 2.04 bits per heavy atom. The maximum Gasteiger partial charge on any atom is 0.224 e. The first-order chi connectivity index (χ1) is 12.1. The van der Waals surface area contributed by atoms with E-state index >= 15 is 0 Å². The molecule has 0 saturated heterocycles. The van der Waals surface area contributed by atoms with E-state index < -0.39 is 5.60 Å². The van der Waals surface area contributed by atoms with Crippen molar-refractivity contribution in [3.63, 3.8) is 0 Å². The molecule has 25 heavy (non-hydrogen) atoms. The Balaban J connectivity index is 1.36. The maximum absolute atomic E-state index is 12.7. The van der Waals surface area contributed by atoms with Crippen molar-refractivity contribution < 1.29 is 14.3 Å². The number of halogens is 1. The molecule has 0 aromatic heterocycles. The first kappa shape index (κ1) is 15.7. The summed E-state index contributed by atoms with van der Waals surface area (Å²) in [6.07, 6.45) is 6.83. The molecule has 4 nitrogen and oxygen atoms in total. The van der Waals surface area contributed by atoms with Crippen LogP contribution in [0.2, 0.25) is 5.02 Å². The fraction of sp³-hybridized carbons (Fsp3) is 0.600. The number of amides is 1. The number of rotatable bonds is 2. The standard InChI is InChI=1S/C20H22ClNO3/c21-11-5-6-16-14(9-11)15(23)10-20(25-16)8-7-13-17(18(13)20)19(24)22-12-3-1-2-4-12/h5-6,9,12-13,17-18H,1-4,7-8,10H2,(H,22,24)/t13-,17+,18-,20+/m1/s1. The Morgan fingerprint density at radius 1 is 1.24 bits per heavy atom. The molecule has 3 fully saturated rings. The number of carbonyl (C=O) groups excluding carboxylic acids is 2. The predicted molar refractivity (Wildman–Crippen MR) is 93.9 cm³/mol.